The summed E-state index contributed by atoms with van der Waals surface area (Å²) in [4.78, 5) is 22.1. The maximum Gasteiger partial charge on any atom is 0.407 e. The molecule has 3 atom stereocenters. The van der Waals surface area contributed by atoms with Gasteiger partial charge >= 0.3 is 6.09 Å². The Kier molecular flexibility index (Phi) is 4.36. The number of halogens is 1. The first kappa shape index (κ1) is 16.9. The van der Waals surface area contributed by atoms with Crippen molar-refractivity contribution in [3.05, 3.63) is 17.8 Å². The summed E-state index contributed by atoms with van der Waals surface area (Å²) in [6.07, 6.45) is 3.07. The molecule has 2 aliphatic rings. The van der Waals surface area contributed by atoms with E-state index >= 15 is 0 Å². The number of ether oxygens (including phenoxy) is 1. The minimum atomic E-state index is -0.508. The van der Waals surface area contributed by atoms with Gasteiger partial charge in [0.25, 0.3) is 0 Å². The van der Waals surface area contributed by atoms with Crippen molar-refractivity contribution < 1.29 is 13.9 Å². The molecule has 0 spiro atoms. The van der Waals surface area contributed by atoms with Gasteiger partial charge in [-0.2, -0.15) is 0 Å². The first-order valence-electron chi connectivity index (χ1n) is 8.46. The summed E-state index contributed by atoms with van der Waals surface area (Å²) in [5.74, 6) is 0.586. The molecule has 24 heavy (non-hydrogen) atoms. The van der Waals surface area contributed by atoms with E-state index in [2.05, 4.69) is 15.3 Å². The van der Waals surface area contributed by atoms with Crippen LogP contribution in [0.4, 0.5) is 15.0 Å². The summed E-state index contributed by atoms with van der Waals surface area (Å²) in [7, 11) is 0. The molecule has 1 aromatic rings. The van der Waals surface area contributed by atoms with Gasteiger partial charge in [-0.15, -0.1) is 0 Å². The third kappa shape index (κ3) is 3.44. The molecule has 1 saturated heterocycles. The third-order valence-electron chi connectivity index (χ3n) is 4.76. The molecule has 1 N–H and O–H groups in total. The molecule has 2 bridgehead atoms. The summed E-state index contributed by atoms with van der Waals surface area (Å²) in [6.45, 7) is 8.57. The highest BCUT2D eigenvalue weighted by atomic mass is 19.1. The fourth-order valence-corrected chi connectivity index (χ4v) is 3.74. The fourth-order valence-electron chi connectivity index (χ4n) is 3.74. The number of anilines is 1. The molecule has 1 aliphatic carbocycles. The fraction of sp³-hybridized carbons (Fsp3) is 0.706. The van der Waals surface area contributed by atoms with Gasteiger partial charge in [0, 0.05) is 19.1 Å². The lowest BCUT2D eigenvalue weighted by Crippen LogP contribution is -2.53. The molecule has 0 aromatic carbocycles. The van der Waals surface area contributed by atoms with Gasteiger partial charge in [-0.3, -0.25) is 0 Å². The van der Waals surface area contributed by atoms with E-state index in [-0.39, 0.29) is 29.8 Å². The van der Waals surface area contributed by atoms with Crippen LogP contribution in [0.3, 0.4) is 0 Å². The Morgan fingerprint density at radius 1 is 1.29 bits per heavy atom. The average Bonchev–Trinajstić information content (AvgIpc) is 2.70. The van der Waals surface area contributed by atoms with Crippen molar-refractivity contribution in [3.8, 4) is 0 Å². The van der Waals surface area contributed by atoms with Crippen LogP contribution in [0, 0.1) is 24.6 Å². The first-order chi connectivity index (χ1) is 11.2. The zero-order valence-corrected chi connectivity index (χ0v) is 14.7. The van der Waals surface area contributed by atoms with Gasteiger partial charge in [-0.05, 0) is 52.4 Å². The van der Waals surface area contributed by atoms with E-state index in [4.69, 9.17) is 4.74 Å². The number of carbonyl (C=O) groups excluding carboxylic acids is 1. The number of aryl methyl sites for hydroxylation is 1. The molecule has 2 heterocycles. The monoisotopic (exact) mass is 336 g/mol. The Bertz CT molecular complexity index is 618. The van der Waals surface area contributed by atoms with E-state index in [1.165, 1.54) is 6.33 Å². The van der Waals surface area contributed by atoms with Crippen molar-refractivity contribution in [2.75, 3.05) is 18.0 Å². The second-order valence-corrected chi connectivity index (χ2v) is 7.77. The molecule has 1 amide bonds. The Labute approximate surface area is 141 Å². The van der Waals surface area contributed by atoms with Crippen molar-refractivity contribution in [3.63, 3.8) is 0 Å². The van der Waals surface area contributed by atoms with E-state index in [0.717, 1.165) is 12.8 Å². The van der Waals surface area contributed by atoms with Crippen LogP contribution in [-0.4, -0.2) is 40.8 Å². The minimum absolute atomic E-state index is 0.0853. The Hall–Kier alpha value is -1.92. The number of nitrogens with zero attached hydrogens (tertiary/aromatic N) is 3. The number of hydrogen-bond acceptors (Lipinski definition) is 5. The molecule has 132 valence electrons. The van der Waals surface area contributed by atoms with E-state index in [9.17, 15) is 9.18 Å². The van der Waals surface area contributed by atoms with E-state index in [1.807, 2.05) is 25.7 Å². The largest absolute Gasteiger partial charge is 0.444 e. The second kappa shape index (κ2) is 6.18. The summed E-state index contributed by atoms with van der Waals surface area (Å²) >= 11 is 0. The molecule has 0 unspecified atom stereocenters. The number of fused-ring (bicyclic) bond motifs is 2. The molecule has 7 heteroatoms. The number of rotatable bonds is 2. The standard InChI is InChI=1S/C17H25FN4O2/c1-10-13(18)15(20-9-19-10)22-7-11-5-6-12(8-22)14(11)21-16(23)24-17(2,3)4/h9,11-12,14H,5-8H2,1-4H3,(H,21,23)/t11-,12+,14-. The zero-order chi connectivity index (χ0) is 17.5. The zero-order valence-electron chi connectivity index (χ0n) is 14.7. The van der Waals surface area contributed by atoms with E-state index in [0.29, 0.717) is 24.6 Å². The predicted octanol–water partition coefficient (Wildman–Crippen LogP) is 2.66. The molecule has 6 nitrogen and oxygen atoms in total. The van der Waals surface area contributed by atoms with Gasteiger partial charge in [0.15, 0.2) is 11.6 Å². The smallest absolute Gasteiger partial charge is 0.407 e. The van der Waals surface area contributed by atoms with Crippen LogP contribution in [0.1, 0.15) is 39.3 Å². The van der Waals surface area contributed by atoms with Gasteiger partial charge in [0.05, 0.1) is 5.69 Å². The number of carbonyl (C=O) groups is 1. The lowest BCUT2D eigenvalue weighted by Gasteiger charge is -2.39. The third-order valence-corrected chi connectivity index (χ3v) is 4.76. The number of alkyl carbamates (subject to hydrolysis) is 1. The highest BCUT2D eigenvalue weighted by molar-refractivity contribution is 5.68. The summed E-state index contributed by atoms with van der Waals surface area (Å²) < 4.78 is 19.7. The van der Waals surface area contributed by atoms with Crippen LogP contribution in [0.15, 0.2) is 6.33 Å². The highest BCUT2D eigenvalue weighted by Crippen LogP contribution is 2.39. The molecule has 0 radical (unpaired) electrons. The van der Waals surface area contributed by atoms with Gasteiger partial charge < -0.3 is 15.0 Å². The Balaban J connectivity index is 1.68. The Morgan fingerprint density at radius 3 is 2.50 bits per heavy atom. The van der Waals surface area contributed by atoms with Gasteiger partial charge in [-0.1, -0.05) is 0 Å². The lowest BCUT2D eigenvalue weighted by molar-refractivity contribution is 0.0472. The molecule has 1 saturated carbocycles. The van der Waals surface area contributed by atoms with Crippen LogP contribution in [0.25, 0.3) is 0 Å². The summed E-state index contributed by atoms with van der Waals surface area (Å²) in [5.41, 5.74) is -0.146. The summed E-state index contributed by atoms with van der Waals surface area (Å²) in [5, 5.41) is 3.02. The van der Waals surface area contributed by atoms with Crippen LogP contribution in [0.2, 0.25) is 0 Å². The Morgan fingerprint density at radius 2 is 1.92 bits per heavy atom. The quantitative estimate of drug-likeness (QED) is 0.899. The van der Waals surface area contributed by atoms with Crippen molar-refractivity contribution in [1.82, 2.24) is 15.3 Å². The maximum atomic E-state index is 14.3. The van der Waals surface area contributed by atoms with Crippen LogP contribution < -0.4 is 10.2 Å². The van der Waals surface area contributed by atoms with Crippen molar-refractivity contribution in [2.24, 2.45) is 11.8 Å². The van der Waals surface area contributed by atoms with E-state index < -0.39 is 5.60 Å². The van der Waals surface area contributed by atoms with Crippen molar-refractivity contribution in [1.29, 1.82) is 0 Å². The second-order valence-electron chi connectivity index (χ2n) is 7.77. The molecule has 1 aliphatic heterocycles. The van der Waals surface area contributed by atoms with Crippen molar-refractivity contribution >= 4 is 11.9 Å². The van der Waals surface area contributed by atoms with Gasteiger partial charge in [-0.25, -0.2) is 19.2 Å². The van der Waals surface area contributed by atoms with Crippen LogP contribution in [-0.2, 0) is 4.74 Å². The minimum Gasteiger partial charge on any atom is -0.444 e. The normalized spacial score (nSPS) is 26.4. The lowest BCUT2D eigenvalue weighted by atomic mass is 9.92. The molecular weight excluding hydrogens is 311 g/mol. The molecular formula is C17H25FN4O2. The predicted molar refractivity (Wildman–Crippen MR) is 88.3 cm³/mol. The number of piperidine rings is 1. The number of aromatic nitrogens is 2. The topological polar surface area (TPSA) is 67.4 Å². The van der Waals surface area contributed by atoms with Crippen molar-refractivity contribution in [2.45, 2.75) is 52.2 Å². The average molecular weight is 336 g/mol. The number of nitrogens with one attached hydrogen (secondary N) is 1. The summed E-state index contributed by atoms with van der Waals surface area (Å²) in [6, 6.07) is 0.0853. The van der Waals surface area contributed by atoms with Gasteiger partial charge in [0.2, 0.25) is 0 Å². The highest BCUT2D eigenvalue weighted by Gasteiger charge is 2.44. The number of amides is 1. The van der Waals surface area contributed by atoms with E-state index in [1.54, 1.807) is 6.92 Å². The SMILES string of the molecule is Cc1ncnc(N2C[C@H]3CC[C@@H](C2)[C@@H]3NC(=O)OC(C)(C)C)c1F. The first-order valence-corrected chi connectivity index (χ1v) is 8.46. The molecule has 3 rings (SSSR count). The maximum absolute atomic E-state index is 14.3. The van der Waals surface area contributed by atoms with Crippen LogP contribution >= 0.6 is 0 Å². The van der Waals surface area contributed by atoms with Crippen LogP contribution in [0.5, 0.6) is 0 Å². The number of hydrogen-bond donors (Lipinski definition) is 1. The van der Waals surface area contributed by atoms with Gasteiger partial charge in [0.1, 0.15) is 11.9 Å². The molecule has 1 aromatic heterocycles. The molecule has 2 fully saturated rings.